The first-order chi connectivity index (χ1) is 27.0. The average Bonchev–Trinajstić information content (AvgIpc) is 3.49. The van der Waals surface area contributed by atoms with Crippen LogP contribution in [0.1, 0.15) is 25.0 Å². The molecule has 0 fully saturated rings. The molecule has 0 atom stereocenters. The molecule has 0 aliphatic heterocycles. The standard InChI is InChI=1S/C53H38N2/c1-53(2)48-33-43(29-30-46(48)47-31-28-39-14-9-10-19-45(39)51(47)53)38-22-20-37(21-23-38)42-17-11-18-44(32-42)50-34-49(54-52(55-50)41-15-7-4-8-16-41)40-26-24-36(25-27-40)35-12-5-3-6-13-35/h3-34H,1-2H3. The Morgan fingerprint density at radius 3 is 1.55 bits per heavy atom. The lowest BCUT2D eigenvalue weighted by molar-refractivity contribution is 0.666. The molecule has 0 N–H and O–H groups in total. The SMILES string of the molecule is CC1(C)c2cc(-c3ccc(-c4cccc(-c5cc(-c6ccc(-c7ccccc7)cc6)nc(-c6ccccc6)n5)c4)cc3)ccc2-c2ccc3ccccc3c21. The molecule has 8 aromatic carbocycles. The van der Waals surface area contributed by atoms with Crippen LogP contribution < -0.4 is 0 Å². The summed E-state index contributed by atoms with van der Waals surface area (Å²) in [5.41, 5.74) is 17.5. The zero-order valence-electron chi connectivity index (χ0n) is 30.9. The second kappa shape index (κ2) is 13.2. The third-order valence-corrected chi connectivity index (χ3v) is 11.3. The Morgan fingerprint density at radius 2 is 0.836 bits per heavy atom. The van der Waals surface area contributed by atoms with Gasteiger partial charge >= 0.3 is 0 Å². The number of nitrogens with zero attached hydrogens (tertiary/aromatic N) is 2. The summed E-state index contributed by atoms with van der Waals surface area (Å²) in [6.45, 7) is 4.74. The Kier molecular flexibility index (Phi) is 7.85. The molecule has 0 saturated heterocycles. The van der Waals surface area contributed by atoms with E-state index in [1.807, 2.05) is 24.3 Å². The van der Waals surface area contributed by atoms with E-state index in [4.69, 9.17) is 9.97 Å². The highest BCUT2D eigenvalue weighted by Crippen LogP contribution is 2.52. The Morgan fingerprint density at radius 1 is 0.345 bits per heavy atom. The fraction of sp³-hybridized carbons (Fsp3) is 0.0566. The third kappa shape index (κ3) is 5.84. The number of hydrogen-bond acceptors (Lipinski definition) is 2. The number of rotatable bonds is 6. The molecule has 55 heavy (non-hydrogen) atoms. The minimum absolute atomic E-state index is 0.0885. The van der Waals surface area contributed by atoms with Gasteiger partial charge in [0.15, 0.2) is 5.82 Å². The summed E-state index contributed by atoms with van der Waals surface area (Å²) in [4.78, 5) is 10.2. The second-order valence-corrected chi connectivity index (χ2v) is 15.0. The molecule has 1 aromatic heterocycles. The molecule has 10 rings (SSSR count). The van der Waals surface area contributed by atoms with Gasteiger partial charge in [-0.15, -0.1) is 0 Å². The normalized spacial score (nSPS) is 12.7. The molecule has 0 amide bonds. The molecule has 260 valence electrons. The van der Waals surface area contributed by atoms with E-state index >= 15 is 0 Å². The molecule has 0 radical (unpaired) electrons. The van der Waals surface area contributed by atoms with Gasteiger partial charge in [-0.3, -0.25) is 0 Å². The molecule has 2 heteroatoms. The van der Waals surface area contributed by atoms with E-state index in [9.17, 15) is 0 Å². The Balaban J connectivity index is 0.974. The first-order valence-electron chi connectivity index (χ1n) is 19.0. The second-order valence-electron chi connectivity index (χ2n) is 15.0. The molecule has 2 nitrogen and oxygen atoms in total. The van der Waals surface area contributed by atoms with Gasteiger partial charge in [0.05, 0.1) is 11.4 Å². The van der Waals surface area contributed by atoms with Crippen molar-refractivity contribution in [2.75, 3.05) is 0 Å². The van der Waals surface area contributed by atoms with E-state index in [0.29, 0.717) is 5.82 Å². The Bertz CT molecular complexity index is 2850. The van der Waals surface area contributed by atoms with E-state index < -0.39 is 0 Å². The van der Waals surface area contributed by atoms with Crippen LogP contribution in [0.4, 0.5) is 0 Å². The first kappa shape index (κ1) is 32.7. The molecule has 0 unspecified atom stereocenters. The monoisotopic (exact) mass is 702 g/mol. The molecule has 0 spiro atoms. The van der Waals surface area contributed by atoms with Gasteiger partial charge in [0.2, 0.25) is 0 Å². The van der Waals surface area contributed by atoms with Gasteiger partial charge < -0.3 is 0 Å². The smallest absolute Gasteiger partial charge is 0.160 e. The van der Waals surface area contributed by atoms with Crippen LogP contribution in [-0.4, -0.2) is 9.97 Å². The van der Waals surface area contributed by atoms with Crippen LogP contribution >= 0.6 is 0 Å². The van der Waals surface area contributed by atoms with Crippen molar-refractivity contribution in [1.82, 2.24) is 9.97 Å². The maximum atomic E-state index is 5.11. The van der Waals surface area contributed by atoms with Crippen molar-refractivity contribution in [3.8, 4) is 78.4 Å². The summed E-state index contributed by atoms with van der Waals surface area (Å²) < 4.78 is 0. The molecular weight excluding hydrogens is 665 g/mol. The zero-order chi connectivity index (χ0) is 36.9. The summed E-state index contributed by atoms with van der Waals surface area (Å²) in [5, 5.41) is 2.65. The van der Waals surface area contributed by atoms with Crippen LogP contribution in [0.2, 0.25) is 0 Å². The molecule has 1 aliphatic rings. The van der Waals surface area contributed by atoms with Gasteiger partial charge in [0, 0.05) is 22.1 Å². The first-order valence-corrected chi connectivity index (χ1v) is 19.0. The van der Waals surface area contributed by atoms with Crippen LogP contribution in [-0.2, 0) is 5.41 Å². The highest BCUT2D eigenvalue weighted by molar-refractivity contribution is 5.98. The summed E-state index contributed by atoms with van der Waals surface area (Å²) >= 11 is 0. The largest absolute Gasteiger partial charge is 0.228 e. The number of benzene rings is 8. The van der Waals surface area contributed by atoms with Gasteiger partial charge in [-0.1, -0.05) is 190 Å². The summed E-state index contributed by atoms with van der Waals surface area (Å²) in [6.07, 6.45) is 0. The predicted octanol–water partition coefficient (Wildman–Crippen LogP) is 13.9. The van der Waals surface area contributed by atoms with Crippen molar-refractivity contribution >= 4 is 10.8 Å². The lowest BCUT2D eigenvalue weighted by Gasteiger charge is -2.23. The number of aromatic nitrogens is 2. The van der Waals surface area contributed by atoms with Gasteiger partial charge in [0.1, 0.15) is 0 Å². The van der Waals surface area contributed by atoms with Crippen LogP contribution in [0, 0.1) is 0 Å². The van der Waals surface area contributed by atoms with E-state index in [1.165, 1.54) is 60.8 Å². The van der Waals surface area contributed by atoms with Gasteiger partial charge in [0.25, 0.3) is 0 Å². The summed E-state index contributed by atoms with van der Waals surface area (Å²) in [6, 6.07) is 69.5. The Labute approximate surface area is 322 Å². The number of fused-ring (bicyclic) bond motifs is 5. The van der Waals surface area contributed by atoms with Crippen molar-refractivity contribution in [2.24, 2.45) is 0 Å². The topological polar surface area (TPSA) is 25.8 Å². The van der Waals surface area contributed by atoms with Crippen molar-refractivity contribution in [3.63, 3.8) is 0 Å². The summed E-state index contributed by atoms with van der Waals surface area (Å²) in [5.74, 6) is 0.712. The van der Waals surface area contributed by atoms with Crippen LogP contribution in [0.5, 0.6) is 0 Å². The molecule has 0 bridgehead atoms. The van der Waals surface area contributed by atoms with Gasteiger partial charge in [-0.05, 0) is 84.6 Å². The fourth-order valence-corrected chi connectivity index (χ4v) is 8.42. The maximum absolute atomic E-state index is 5.11. The lowest BCUT2D eigenvalue weighted by Crippen LogP contribution is -2.15. The van der Waals surface area contributed by atoms with E-state index in [-0.39, 0.29) is 5.41 Å². The van der Waals surface area contributed by atoms with Crippen molar-refractivity contribution in [2.45, 2.75) is 19.3 Å². The molecular formula is C53H38N2. The third-order valence-electron chi connectivity index (χ3n) is 11.3. The van der Waals surface area contributed by atoms with Gasteiger partial charge in [-0.2, -0.15) is 0 Å². The van der Waals surface area contributed by atoms with Crippen LogP contribution in [0.3, 0.4) is 0 Å². The highest BCUT2D eigenvalue weighted by Gasteiger charge is 2.37. The fourth-order valence-electron chi connectivity index (χ4n) is 8.42. The predicted molar refractivity (Wildman–Crippen MR) is 230 cm³/mol. The highest BCUT2D eigenvalue weighted by atomic mass is 14.9. The minimum atomic E-state index is -0.0885. The lowest BCUT2D eigenvalue weighted by atomic mass is 9.79. The van der Waals surface area contributed by atoms with E-state index in [1.54, 1.807) is 0 Å². The van der Waals surface area contributed by atoms with Crippen molar-refractivity contribution in [1.29, 1.82) is 0 Å². The minimum Gasteiger partial charge on any atom is -0.228 e. The van der Waals surface area contributed by atoms with Gasteiger partial charge in [-0.25, -0.2) is 9.97 Å². The van der Waals surface area contributed by atoms with Crippen LogP contribution in [0.25, 0.3) is 89.2 Å². The van der Waals surface area contributed by atoms with E-state index in [2.05, 4.69) is 184 Å². The zero-order valence-corrected chi connectivity index (χ0v) is 30.9. The number of hydrogen-bond donors (Lipinski definition) is 0. The van der Waals surface area contributed by atoms with Crippen LogP contribution in [0.15, 0.2) is 194 Å². The van der Waals surface area contributed by atoms with E-state index in [0.717, 1.165) is 33.6 Å². The molecule has 0 saturated carbocycles. The van der Waals surface area contributed by atoms with Crippen molar-refractivity contribution < 1.29 is 0 Å². The quantitative estimate of drug-likeness (QED) is 0.172. The van der Waals surface area contributed by atoms with Crippen molar-refractivity contribution in [3.05, 3.63) is 205 Å². The molecule has 1 heterocycles. The average molecular weight is 703 g/mol. The Hall–Kier alpha value is -6.90. The maximum Gasteiger partial charge on any atom is 0.160 e. The summed E-state index contributed by atoms with van der Waals surface area (Å²) in [7, 11) is 0. The molecule has 1 aliphatic carbocycles. The molecule has 9 aromatic rings.